The lowest BCUT2D eigenvalue weighted by molar-refractivity contribution is -0.132. The molecule has 2 aliphatic rings. The van der Waals surface area contributed by atoms with E-state index in [1.165, 1.54) is 24.3 Å². The number of furan rings is 1. The summed E-state index contributed by atoms with van der Waals surface area (Å²) >= 11 is 6.28. The Morgan fingerprint density at radius 2 is 2.00 bits per heavy atom. The molecule has 0 aliphatic carbocycles. The number of hydrogen-bond donors (Lipinski definition) is 1. The molecule has 168 valence electrons. The molecule has 2 atom stereocenters. The maximum Gasteiger partial charge on any atom is 0.300 e. The van der Waals surface area contributed by atoms with Crippen molar-refractivity contribution in [2.24, 2.45) is 0 Å². The van der Waals surface area contributed by atoms with E-state index in [4.69, 9.17) is 25.5 Å². The molecule has 3 aromatic rings. The van der Waals surface area contributed by atoms with Crippen molar-refractivity contribution in [3.63, 3.8) is 0 Å². The maximum absolute atomic E-state index is 13.2. The number of halogens is 1. The lowest BCUT2D eigenvalue weighted by atomic mass is 9.97. The molecule has 2 unspecified atom stereocenters. The van der Waals surface area contributed by atoms with E-state index in [0.29, 0.717) is 29.2 Å². The van der Waals surface area contributed by atoms with Gasteiger partial charge in [0.2, 0.25) is 0 Å². The van der Waals surface area contributed by atoms with Gasteiger partial charge in [-0.2, -0.15) is 0 Å². The first-order chi connectivity index (χ1) is 15.9. The second kappa shape index (κ2) is 8.01. The van der Waals surface area contributed by atoms with Crippen molar-refractivity contribution >= 4 is 34.7 Å². The van der Waals surface area contributed by atoms with Gasteiger partial charge < -0.3 is 19.0 Å². The summed E-state index contributed by atoms with van der Waals surface area (Å²) in [7, 11) is 1.48. The number of benzene rings is 2. The van der Waals surface area contributed by atoms with Crippen molar-refractivity contribution in [2.45, 2.75) is 25.5 Å². The Hall–Kier alpha value is -3.71. The van der Waals surface area contributed by atoms with Gasteiger partial charge in [0.15, 0.2) is 0 Å². The van der Waals surface area contributed by atoms with E-state index in [-0.39, 0.29) is 22.5 Å². The minimum atomic E-state index is -0.965. The van der Waals surface area contributed by atoms with Crippen LogP contribution >= 0.6 is 11.6 Å². The van der Waals surface area contributed by atoms with Gasteiger partial charge in [0.25, 0.3) is 11.7 Å². The third kappa shape index (κ3) is 3.45. The number of ketones is 1. The number of nitrogens with zero attached hydrogens (tertiary/aromatic N) is 1. The number of fused-ring (bicyclic) bond motifs is 1. The second-order valence-corrected chi connectivity index (χ2v) is 8.37. The van der Waals surface area contributed by atoms with Crippen LogP contribution in [0.3, 0.4) is 0 Å². The molecule has 8 heteroatoms. The van der Waals surface area contributed by atoms with Gasteiger partial charge in [0.05, 0.1) is 24.0 Å². The van der Waals surface area contributed by atoms with Crippen LogP contribution in [0.4, 0.5) is 5.69 Å². The average molecular weight is 466 g/mol. The van der Waals surface area contributed by atoms with Crippen LogP contribution in [0.2, 0.25) is 5.02 Å². The molecule has 0 radical (unpaired) electrons. The number of amides is 1. The summed E-state index contributed by atoms with van der Waals surface area (Å²) in [6.07, 6.45) is 2.17. The molecule has 7 nitrogen and oxygen atoms in total. The van der Waals surface area contributed by atoms with Gasteiger partial charge >= 0.3 is 0 Å². The van der Waals surface area contributed by atoms with Gasteiger partial charge in [-0.1, -0.05) is 11.6 Å². The molecule has 2 aromatic carbocycles. The number of carbonyl (C=O) groups is 2. The smallest absolute Gasteiger partial charge is 0.300 e. The number of aliphatic hydroxyl groups excluding tert-OH is 1. The van der Waals surface area contributed by atoms with Gasteiger partial charge in [-0.05, 0) is 61.0 Å². The number of ether oxygens (including phenoxy) is 2. The van der Waals surface area contributed by atoms with Crippen molar-refractivity contribution in [1.82, 2.24) is 0 Å². The largest absolute Gasteiger partial charge is 0.507 e. The highest BCUT2D eigenvalue weighted by molar-refractivity contribution is 6.51. The molecule has 0 bridgehead atoms. The molecule has 0 spiro atoms. The third-order valence-electron chi connectivity index (χ3n) is 5.84. The summed E-state index contributed by atoms with van der Waals surface area (Å²) in [6.45, 7) is 1.96. The predicted octanol–water partition coefficient (Wildman–Crippen LogP) is 4.89. The van der Waals surface area contributed by atoms with E-state index in [0.717, 1.165) is 11.3 Å². The molecule has 1 fully saturated rings. The molecule has 1 N–H and O–H groups in total. The molecule has 1 aromatic heterocycles. The molecular formula is C25H20ClNO6. The van der Waals surface area contributed by atoms with Crippen molar-refractivity contribution < 1.29 is 28.6 Å². The standard InChI is InChI=1S/C25H20ClNO6/c1-13-10-15-11-14(5-7-18(15)33-13)23(28)21-22(20-4-3-9-32-20)27(25(30)24(21)29)16-6-8-19(31-2)17(26)12-16/h3-9,11-13,22,28H,10H2,1-2H3/b23-21-. The summed E-state index contributed by atoms with van der Waals surface area (Å²) in [6, 6.07) is 12.3. The SMILES string of the molecule is COc1ccc(N2C(=O)C(=O)/C(=C(\O)c3ccc4c(c3)CC(C)O4)C2c2ccco2)cc1Cl. The summed E-state index contributed by atoms with van der Waals surface area (Å²) in [5, 5.41) is 11.5. The monoisotopic (exact) mass is 465 g/mol. The molecule has 3 heterocycles. The Morgan fingerprint density at radius 3 is 2.70 bits per heavy atom. The second-order valence-electron chi connectivity index (χ2n) is 7.96. The van der Waals surface area contributed by atoms with Crippen molar-refractivity contribution in [1.29, 1.82) is 0 Å². The number of anilines is 1. The summed E-state index contributed by atoms with van der Waals surface area (Å²) in [5.41, 5.74) is 1.67. The molecule has 33 heavy (non-hydrogen) atoms. The Balaban J connectivity index is 1.66. The van der Waals surface area contributed by atoms with Crippen LogP contribution in [0.25, 0.3) is 5.76 Å². The number of methoxy groups -OCH3 is 1. The van der Waals surface area contributed by atoms with Gasteiger partial charge in [-0.3, -0.25) is 14.5 Å². The molecule has 1 saturated heterocycles. The van der Waals surface area contributed by atoms with Crippen LogP contribution < -0.4 is 14.4 Å². The molecule has 1 amide bonds. The minimum Gasteiger partial charge on any atom is -0.507 e. The van der Waals surface area contributed by atoms with E-state index in [9.17, 15) is 14.7 Å². The van der Waals surface area contributed by atoms with E-state index < -0.39 is 17.7 Å². The number of carbonyl (C=O) groups excluding carboxylic acids is 2. The van der Waals surface area contributed by atoms with Gasteiger partial charge in [0, 0.05) is 17.7 Å². The maximum atomic E-state index is 13.2. The fourth-order valence-electron chi connectivity index (χ4n) is 4.34. The lowest BCUT2D eigenvalue weighted by Crippen LogP contribution is -2.29. The predicted molar refractivity (Wildman–Crippen MR) is 122 cm³/mol. The Bertz CT molecular complexity index is 1300. The van der Waals surface area contributed by atoms with E-state index in [2.05, 4.69) is 0 Å². The minimum absolute atomic E-state index is 0.0333. The summed E-state index contributed by atoms with van der Waals surface area (Å²) in [5.74, 6) is -0.376. The zero-order chi connectivity index (χ0) is 23.3. The van der Waals surface area contributed by atoms with Crippen LogP contribution in [0, 0.1) is 0 Å². The van der Waals surface area contributed by atoms with Crippen molar-refractivity contribution in [3.05, 3.63) is 82.3 Å². The molecule has 2 aliphatic heterocycles. The first kappa shape index (κ1) is 21.2. The number of rotatable bonds is 4. The van der Waals surface area contributed by atoms with Gasteiger partial charge in [-0.15, -0.1) is 0 Å². The van der Waals surface area contributed by atoms with Crippen LogP contribution in [0.5, 0.6) is 11.5 Å². The zero-order valence-corrected chi connectivity index (χ0v) is 18.6. The Morgan fingerprint density at radius 1 is 1.18 bits per heavy atom. The quantitative estimate of drug-likeness (QED) is 0.335. The fourth-order valence-corrected chi connectivity index (χ4v) is 4.60. The average Bonchev–Trinajstić information content (AvgIpc) is 3.51. The highest BCUT2D eigenvalue weighted by Crippen LogP contribution is 2.44. The fraction of sp³-hybridized carbons (Fsp3) is 0.200. The third-order valence-corrected chi connectivity index (χ3v) is 6.14. The van der Waals surface area contributed by atoms with Crippen LogP contribution in [-0.2, 0) is 16.0 Å². The highest BCUT2D eigenvalue weighted by atomic mass is 35.5. The van der Waals surface area contributed by atoms with Gasteiger partial charge in [0.1, 0.15) is 35.2 Å². The Kier molecular flexibility index (Phi) is 5.13. The first-order valence-corrected chi connectivity index (χ1v) is 10.7. The summed E-state index contributed by atoms with van der Waals surface area (Å²) in [4.78, 5) is 27.6. The van der Waals surface area contributed by atoms with E-state index in [1.54, 1.807) is 42.5 Å². The zero-order valence-electron chi connectivity index (χ0n) is 17.9. The van der Waals surface area contributed by atoms with Crippen LogP contribution in [0.15, 0.2) is 64.8 Å². The topological polar surface area (TPSA) is 89.2 Å². The number of Topliss-reactive ketones (excluding diaryl/α,β-unsaturated/α-hetero) is 1. The van der Waals surface area contributed by atoms with Crippen molar-refractivity contribution in [3.8, 4) is 11.5 Å². The van der Waals surface area contributed by atoms with Crippen LogP contribution in [-0.4, -0.2) is 30.0 Å². The van der Waals surface area contributed by atoms with Gasteiger partial charge in [-0.25, -0.2) is 0 Å². The summed E-state index contributed by atoms with van der Waals surface area (Å²) < 4.78 is 16.5. The van der Waals surface area contributed by atoms with E-state index >= 15 is 0 Å². The number of aliphatic hydroxyl groups is 1. The normalized spacial score (nSPS) is 21.2. The van der Waals surface area contributed by atoms with Crippen LogP contribution in [0.1, 0.15) is 29.9 Å². The Labute approximate surface area is 194 Å². The molecule has 0 saturated carbocycles. The highest BCUT2D eigenvalue weighted by Gasteiger charge is 2.48. The first-order valence-electron chi connectivity index (χ1n) is 10.4. The molecular weight excluding hydrogens is 446 g/mol. The molecule has 5 rings (SSSR count). The van der Waals surface area contributed by atoms with E-state index in [1.807, 2.05) is 6.92 Å². The number of hydrogen-bond acceptors (Lipinski definition) is 6. The van der Waals surface area contributed by atoms with Crippen molar-refractivity contribution in [2.75, 3.05) is 12.0 Å². The lowest BCUT2D eigenvalue weighted by Gasteiger charge is -2.24.